The first-order valence-corrected chi connectivity index (χ1v) is 8.75. The van der Waals surface area contributed by atoms with Crippen LogP contribution in [0.25, 0.3) is 0 Å². The van der Waals surface area contributed by atoms with E-state index in [1.165, 1.54) is 11.3 Å². The number of ether oxygens (including phenoxy) is 1. The molecule has 0 saturated carbocycles. The summed E-state index contributed by atoms with van der Waals surface area (Å²) in [6.07, 6.45) is 2.67. The Morgan fingerprint density at radius 3 is 2.60 bits per heavy atom. The smallest absolute Gasteiger partial charge is 0.338 e. The molecule has 130 valence electrons. The first-order chi connectivity index (χ1) is 12.0. The highest BCUT2D eigenvalue weighted by molar-refractivity contribution is 7.17. The van der Waals surface area contributed by atoms with Gasteiger partial charge in [-0.1, -0.05) is 17.7 Å². The number of primary amides is 1. The van der Waals surface area contributed by atoms with Gasteiger partial charge < -0.3 is 15.8 Å². The van der Waals surface area contributed by atoms with Gasteiger partial charge in [-0.05, 0) is 43.9 Å². The molecule has 0 radical (unpaired) electrons. The molecule has 2 aromatic rings. The van der Waals surface area contributed by atoms with Crippen LogP contribution in [0.4, 0.5) is 5.00 Å². The van der Waals surface area contributed by atoms with Gasteiger partial charge in [-0.15, -0.1) is 11.3 Å². The molecule has 6 nitrogen and oxygen atoms in total. The van der Waals surface area contributed by atoms with Crippen LogP contribution in [0.15, 0.2) is 24.3 Å². The Labute approximate surface area is 149 Å². The van der Waals surface area contributed by atoms with Gasteiger partial charge in [0.05, 0.1) is 11.1 Å². The number of carbonyl (C=O) groups is 3. The molecule has 3 rings (SSSR count). The van der Waals surface area contributed by atoms with Crippen LogP contribution in [-0.4, -0.2) is 24.4 Å². The van der Waals surface area contributed by atoms with Crippen molar-refractivity contribution in [3.8, 4) is 0 Å². The number of hydrogen-bond donors (Lipinski definition) is 2. The summed E-state index contributed by atoms with van der Waals surface area (Å²) in [6.45, 7) is 1.49. The fourth-order valence-corrected chi connectivity index (χ4v) is 4.13. The minimum Gasteiger partial charge on any atom is -0.452 e. The lowest BCUT2D eigenvalue weighted by atomic mass is 10.1. The molecule has 0 atom stereocenters. The molecule has 0 bridgehead atoms. The molecule has 3 N–H and O–H groups in total. The quantitative estimate of drug-likeness (QED) is 0.802. The normalized spacial score (nSPS) is 12.5. The number of carbonyl (C=O) groups excluding carboxylic acids is 3. The van der Waals surface area contributed by atoms with E-state index in [4.69, 9.17) is 10.5 Å². The molecule has 1 aliphatic carbocycles. The number of amides is 2. The van der Waals surface area contributed by atoms with Crippen LogP contribution in [0, 0.1) is 6.92 Å². The van der Waals surface area contributed by atoms with E-state index in [-0.39, 0.29) is 0 Å². The number of nitrogens with one attached hydrogen (secondary N) is 1. The molecule has 2 amide bonds. The predicted octanol–water partition coefficient (Wildman–Crippen LogP) is 2.44. The van der Waals surface area contributed by atoms with Crippen LogP contribution in [0.1, 0.15) is 43.1 Å². The summed E-state index contributed by atoms with van der Waals surface area (Å²) in [4.78, 5) is 36.8. The molecule has 25 heavy (non-hydrogen) atoms. The largest absolute Gasteiger partial charge is 0.452 e. The van der Waals surface area contributed by atoms with Gasteiger partial charge in [-0.2, -0.15) is 0 Å². The SMILES string of the molecule is Cc1ccc(C(=O)OCC(=O)Nc2sc3c(c2C(N)=O)CCC3)cc1. The number of fused-ring (bicyclic) bond motifs is 1. The summed E-state index contributed by atoms with van der Waals surface area (Å²) >= 11 is 1.36. The molecule has 0 unspecified atom stereocenters. The number of benzene rings is 1. The molecule has 7 heteroatoms. The second kappa shape index (κ2) is 7.06. The number of anilines is 1. The van der Waals surface area contributed by atoms with Crippen LogP contribution in [-0.2, 0) is 22.4 Å². The third kappa shape index (κ3) is 3.71. The fourth-order valence-electron chi connectivity index (χ4n) is 2.82. The summed E-state index contributed by atoms with van der Waals surface area (Å²) < 4.78 is 5.02. The highest BCUT2D eigenvalue weighted by Crippen LogP contribution is 2.38. The molecule has 1 aromatic carbocycles. The van der Waals surface area contributed by atoms with Crippen LogP contribution in [0.5, 0.6) is 0 Å². The van der Waals surface area contributed by atoms with E-state index in [9.17, 15) is 14.4 Å². The summed E-state index contributed by atoms with van der Waals surface area (Å²) in [5.41, 5.74) is 8.18. The Kier molecular flexibility index (Phi) is 4.85. The van der Waals surface area contributed by atoms with Crippen molar-refractivity contribution in [2.75, 3.05) is 11.9 Å². The molecule has 1 aromatic heterocycles. The molecule has 0 aliphatic heterocycles. The Morgan fingerprint density at radius 2 is 1.92 bits per heavy atom. The maximum atomic E-state index is 12.1. The molecule has 0 saturated heterocycles. The Morgan fingerprint density at radius 1 is 1.20 bits per heavy atom. The van der Waals surface area contributed by atoms with Gasteiger partial charge in [0.25, 0.3) is 11.8 Å². The predicted molar refractivity (Wildman–Crippen MR) is 95.0 cm³/mol. The molecular formula is C18H18N2O4S. The second-order valence-electron chi connectivity index (χ2n) is 5.92. The van der Waals surface area contributed by atoms with E-state index < -0.39 is 24.4 Å². The van der Waals surface area contributed by atoms with Crippen molar-refractivity contribution in [1.29, 1.82) is 0 Å². The molecule has 0 fully saturated rings. The van der Waals surface area contributed by atoms with Crippen molar-refractivity contribution in [3.63, 3.8) is 0 Å². The van der Waals surface area contributed by atoms with Crippen molar-refractivity contribution in [2.45, 2.75) is 26.2 Å². The van der Waals surface area contributed by atoms with Gasteiger partial charge in [-0.25, -0.2) is 4.79 Å². The van der Waals surface area contributed by atoms with Gasteiger partial charge in [0.2, 0.25) is 0 Å². The maximum absolute atomic E-state index is 12.1. The van der Waals surface area contributed by atoms with Gasteiger partial charge in [0.1, 0.15) is 5.00 Å². The molecule has 1 aliphatic rings. The van der Waals surface area contributed by atoms with Crippen molar-refractivity contribution < 1.29 is 19.1 Å². The summed E-state index contributed by atoms with van der Waals surface area (Å²) in [7, 11) is 0. The first kappa shape index (κ1) is 17.2. The monoisotopic (exact) mass is 358 g/mol. The maximum Gasteiger partial charge on any atom is 0.338 e. The zero-order valence-corrected chi connectivity index (χ0v) is 14.6. The summed E-state index contributed by atoms with van der Waals surface area (Å²) in [6, 6.07) is 6.88. The zero-order valence-electron chi connectivity index (χ0n) is 13.8. The van der Waals surface area contributed by atoms with Gasteiger partial charge in [-0.3, -0.25) is 9.59 Å². The van der Waals surface area contributed by atoms with Crippen molar-refractivity contribution >= 4 is 34.1 Å². The number of rotatable bonds is 5. The molecule has 0 spiro atoms. The molecule has 1 heterocycles. The van der Waals surface area contributed by atoms with Crippen molar-refractivity contribution in [3.05, 3.63) is 51.4 Å². The van der Waals surface area contributed by atoms with Gasteiger partial charge in [0.15, 0.2) is 6.61 Å². The minimum absolute atomic E-state index is 0.381. The number of hydrogen-bond acceptors (Lipinski definition) is 5. The second-order valence-corrected chi connectivity index (χ2v) is 7.02. The number of thiophene rings is 1. The van der Waals surface area contributed by atoms with Crippen LogP contribution >= 0.6 is 11.3 Å². The lowest BCUT2D eigenvalue weighted by Crippen LogP contribution is -2.22. The Hall–Kier alpha value is -2.67. The van der Waals surface area contributed by atoms with Crippen LogP contribution < -0.4 is 11.1 Å². The summed E-state index contributed by atoms with van der Waals surface area (Å²) in [5, 5.41) is 3.08. The standard InChI is InChI=1S/C18H18N2O4S/c1-10-5-7-11(8-6-10)18(23)24-9-14(21)20-17-15(16(19)22)12-3-2-4-13(12)25-17/h5-8H,2-4,9H2,1H3,(H2,19,22)(H,20,21). The third-order valence-electron chi connectivity index (χ3n) is 4.04. The number of aryl methyl sites for hydroxylation is 2. The minimum atomic E-state index is -0.570. The number of esters is 1. The zero-order chi connectivity index (χ0) is 18.0. The highest BCUT2D eigenvalue weighted by atomic mass is 32.1. The van der Waals surface area contributed by atoms with E-state index in [0.29, 0.717) is 16.1 Å². The van der Waals surface area contributed by atoms with Crippen LogP contribution in [0.3, 0.4) is 0 Å². The average molecular weight is 358 g/mol. The third-order valence-corrected chi connectivity index (χ3v) is 5.25. The van der Waals surface area contributed by atoms with E-state index in [2.05, 4.69) is 5.32 Å². The number of nitrogens with two attached hydrogens (primary N) is 1. The van der Waals surface area contributed by atoms with E-state index in [0.717, 1.165) is 35.3 Å². The van der Waals surface area contributed by atoms with E-state index in [1.54, 1.807) is 24.3 Å². The lowest BCUT2D eigenvalue weighted by Gasteiger charge is -2.07. The van der Waals surface area contributed by atoms with Gasteiger partial charge in [0, 0.05) is 4.88 Å². The Bertz CT molecular complexity index is 840. The lowest BCUT2D eigenvalue weighted by molar-refractivity contribution is -0.119. The van der Waals surface area contributed by atoms with Crippen molar-refractivity contribution in [2.24, 2.45) is 5.73 Å². The van der Waals surface area contributed by atoms with E-state index in [1.807, 2.05) is 6.92 Å². The average Bonchev–Trinajstić information content (AvgIpc) is 3.13. The first-order valence-electron chi connectivity index (χ1n) is 7.93. The highest BCUT2D eigenvalue weighted by Gasteiger charge is 2.26. The molecular weight excluding hydrogens is 340 g/mol. The van der Waals surface area contributed by atoms with E-state index >= 15 is 0 Å². The van der Waals surface area contributed by atoms with Crippen molar-refractivity contribution in [1.82, 2.24) is 0 Å². The topological polar surface area (TPSA) is 98.5 Å². The Balaban J connectivity index is 1.63. The van der Waals surface area contributed by atoms with Gasteiger partial charge >= 0.3 is 5.97 Å². The fraction of sp³-hybridized carbons (Fsp3) is 0.278. The van der Waals surface area contributed by atoms with Crippen LogP contribution in [0.2, 0.25) is 0 Å². The summed E-state index contributed by atoms with van der Waals surface area (Å²) in [5.74, 6) is -1.62.